The van der Waals surface area contributed by atoms with Crippen molar-refractivity contribution in [3.05, 3.63) is 53.1 Å². The van der Waals surface area contributed by atoms with Crippen molar-refractivity contribution in [2.24, 2.45) is 0 Å². The summed E-state index contributed by atoms with van der Waals surface area (Å²) in [4.78, 5) is 15.9. The third-order valence-corrected chi connectivity index (χ3v) is 5.50. The van der Waals surface area contributed by atoms with Gasteiger partial charge in [0, 0.05) is 43.5 Å². The Hall–Kier alpha value is -2.53. The van der Waals surface area contributed by atoms with Crippen LogP contribution in [0.2, 0.25) is 0 Å². The number of hydrogen-bond donors (Lipinski definition) is 0. The summed E-state index contributed by atoms with van der Waals surface area (Å²) in [5, 5.41) is 0. The van der Waals surface area contributed by atoms with Gasteiger partial charge in [-0.2, -0.15) is 0 Å². The van der Waals surface area contributed by atoms with Gasteiger partial charge in [-0.3, -0.25) is 9.69 Å². The van der Waals surface area contributed by atoms with E-state index >= 15 is 0 Å². The molecule has 0 unspecified atom stereocenters. The zero-order valence-corrected chi connectivity index (χ0v) is 16.6. The number of nitrogens with zero attached hydrogens (tertiary/aromatic N) is 2. The zero-order chi connectivity index (χ0) is 19.4. The number of rotatable bonds is 6. The summed E-state index contributed by atoms with van der Waals surface area (Å²) in [7, 11) is 3.33. The average Bonchev–Trinajstić information content (AvgIpc) is 2.72. The highest BCUT2D eigenvalue weighted by atomic mass is 16.5. The molecule has 0 spiro atoms. The molecular weight excluding hydrogens is 340 g/mol. The summed E-state index contributed by atoms with van der Waals surface area (Å²) < 4.78 is 10.8. The van der Waals surface area contributed by atoms with Gasteiger partial charge in [0.05, 0.1) is 14.2 Å². The predicted octanol–water partition coefficient (Wildman–Crippen LogP) is 3.71. The normalized spacial score (nSPS) is 16.1. The molecule has 1 heterocycles. The Labute approximate surface area is 161 Å². The summed E-state index contributed by atoms with van der Waals surface area (Å²) in [5.74, 6) is 1.53. The SMILES string of the molecule is COc1ccc([C@@H](C)N2CCN(c3ccc(C=O)c(C)c3)CC2)cc1OC. The molecule has 27 heavy (non-hydrogen) atoms. The molecule has 2 aromatic carbocycles. The average molecular weight is 368 g/mol. The predicted molar refractivity (Wildman–Crippen MR) is 108 cm³/mol. The van der Waals surface area contributed by atoms with Crippen LogP contribution in [-0.2, 0) is 0 Å². The molecule has 2 aromatic rings. The molecule has 1 saturated heterocycles. The first-order chi connectivity index (χ1) is 13.1. The quantitative estimate of drug-likeness (QED) is 0.727. The number of ether oxygens (including phenoxy) is 2. The lowest BCUT2D eigenvalue weighted by Crippen LogP contribution is -2.47. The van der Waals surface area contributed by atoms with E-state index in [1.165, 1.54) is 11.3 Å². The highest BCUT2D eigenvalue weighted by Gasteiger charge is 2.23. The molecule has 3 rings (SSSR count). The smallest absolute Gasteiger partial charge is 0.161 e. The third-order valence-electron chi connectivity index (χ3n) is 5.50. The molecular formula is C22H28N2O3. The number of methoxy groups -OCH3 is 2. The minimum absolute atomic E-state index is 0.311. The summed E-state index contributed by atoms with van der Waals surface area (Å²) in [5.41, 5.74) is 4.21. The van der Waals surface area contributed by atoms with E-state index in [0.717, 1.165) is 55.1 Å². The van der Waals surface area contributed by atoms with Gasteiger partial charge >= 0.3 is 0 Å². The second kappa shape index (κ2) is 8.44. The van der Waals surface area contributed by atoms with Crippen LogP contribution in [0.4, 0.5) is 5.69 Å². The van der Waals surface area contributed by atoms with Crippen molar-refractivity contribution in [2.75, 3.05) is 45.3 Å². The lowest BCUT2D eigenvalue weighted by molar-refractivity contribution is 0.112. The highest BCUT2D eigenvalue weighted by Crippen LogP contribution is 2.32. The topological polar surface area (TPSA) is 42.0 Å². The minimum atomic E-state index is 0.311. The van der Waals surface area contributed by atoms with Gasteiger partial charge in [-0.25, -0.2) is 0 Å². The number of aldehydes is 1. The zero-order valence-electron chi connectivity index (χ0n) is 16.6. The first-order valence-corrected chi connectivity index (χ1v) is 9.34. The number of piperazine rings is 1. The Morgan fingerprint density at radius 3 is 2.26 bits per heavy atom. The summed E-state index contributed by atoms with van der Waals surface area (Å²) in [6, 6.07) is 12.5. The van der Waals surface area contributed by atoms with E-state index in [0.29, 0.717) is 6.04 Å². The molecule has 1 fully saturated rings. The number of aryl methyl sites for hydroxylation is 1. The first-order valence-electron chi connectivity index (χ1n) is 9.34. The van der Waals surface area contributed by atoms with E-state index in [9.17, 15) is 4.79 Å². The Kier molecular flexibility index (Phi) is 6.01. The number of hydrogen-bond acceptors (Lipinski definition) is 5. The summed E-state index contributed by atoms with van der Waals surface area (Å²) in [6.07, 6.45) is 0.919. The maximum absolute atomic E-state index is 11.0. The third kappa shape index (κ3) is 4.08. The highest BCUT2D eigenvalue weighted by molar-refractivity contribution is 5.78. The van der Waals surface area contributed by atoms with Gasteiger partial charge in [-0.05, 0) is 55.3 Å². The Balaban J connectivity index is 1.66. The molecule has 0 aliphatic carbocycles. The molecule has 0 amide bonds. The molecule has 5 nitrogen and oxygen atoms in total. The maximum Gasteiger partial charge on any atom is 0.161 e. The first kappa shape index (κ1) is 19.2. The fourth-order valence-electron chi connectivity index (χ4n) is 3.68. The summed E-state index contributed by atoms with van der Waals surface area (Å²) in [6.45, 7) is 8.14. The maximum atomic E-state index is 11.0. The van der Waals surface area contributed by atoms with Crippen LogP contribution >= 0.6 is 0 Å². The van der Waals surface area contributed by atoms with Crippen molar-refractivity contribution in [2.45, 2.75) is 19.9 Å². The molecule has 0 aromatic heterocycles. The van der Waals surface area contributed by atoms with E-state index in [2.05, 4.69) is 34.9 Å². The van der Waals surface area contributed by atoms with Crippen molar-refractivity contribution >= 4 is 12.0 Å². The van der Waals surface area contributed by atoms with Crippen molar-refractivity contribution in [1.82, 2.24) is 4.90 Å². The van der Waals surface area contributed by atoms with E-state index in [1.54, 1.807) is 14.2 Å². The van der Waals surface area contributed by atoms with Crippen LogP contribution in [0.5, 0.6) is 11.5 Å². The van der Waals surface area contributed by atoms with Crippen LogP contribution in [0.15, 0.2) is 36.4 Å². The van der Waals surface area contributed by atoms with Gasteiger partial charge in [0.2, 0.25) is 0 Å². The molecule has 5 heteroatoms. The fraction of sp³-hybridized carbons (Fsp3) is 0.409. The van der Waals surface area contributed by atoms with Gasteiger partial charge in [0.15, 0.2) is 11.5 Å². The Morgan fingerprint density at radius 2 is 1.67 bits per heavy atom. The number of anilines is 1. The molecule has 1 aliphatic rings. The Morgan fingerprint density at radius 1 is 0.963 bits per heavy atom. The largest absolute Gasteiger partial charge is 0.493 e. The van der Waals surface area contributed by atoms with Gasteiger partial charge in [0.1, 0.15) is 6.29 Å². The molecule has 0 saturated carbocycles. The Bertz CT molecular complexity index is 798. The molecule has 0 bridgehead atoms. The van der Waals surface area contributed by atoms with Crippen molar-refractivity contribution in [3.63, 3.8) is 0 Å². The molecule has 1 atom stereocenters. The van der Waals surface area contributed by atoms with E-state index < -0.39 is 0 Å². The fourth-order valence-corrected chi connectivity index (χ4v) is 3.68. The minimum Gasteiger partial charge on any atom is -0.493 e. The van der Waals surface area contributed by atoms with Crippen LogP contribution in [0, 0.1) is 6.92 Å². The van der Waals surface area contributed by atoms with Crippen LogP contribution in [0.25, 0.3) is 0 Å². The van der Waals surface area contributed by atoms with Crippen molar-refractivity contribution in [3.8, 4) is 11.5 Å². The molecule has 0 N–H and O–H groups in total. The molecule has 1 aliphatic heterocycles. The van der Waals surface area contributed by atoms with Gasteiger partial charge in [-0.1, -0.05) is 6.07 Å². The van der Waals surface area contributed by atoms with Gasteiger partial charge < -0.3 is 14.4 Å². The number of benzene rings is 2. The van der Waals surface area contributed by atoms with Gasteiger partial charge in [0.25, 0.3) is 0 Å². The van der Waals surface area contributed by atoms with Crippen LogP contribution in [0.1, 0.15) is 34.5 Å². The van der Waals surface area contributed by atoms with E-state index in [-0.39, 0.29) is 0 Å². The summed E-state index contributed by atoms with van der Waals surface area (Å²) >= 11 is 0. The molecule has 144 valence electrons. The lowest BCUT2D eigenvalue weighted by Gasteiger charge is -2.39. The van der Waals surface area contributed by atoms with Crippen LogP contribution in [0.3, 0.4) is 0 Å². The van der Waals surface area contributed by atoms with Gasteiger partial charge in [-0.15, -0.1) is 0 Å². The monoisotopic (exact) mass is 368 g/mol. The lowest BCUT2D eigenvalue weighted by atomic mass is 10.0. The second-order valence-corrected chi connectivity index (χ2v) is 6.97. The molecule has 0 radical (unpaired) electrons. The second-order valence-electron chi connectivity index (χ2n) is 6.97. The standard InChI is InChI=1S/C22H28N2O3/c1-16-13-20(7-5-19(16)15-25)24-11-9-23(10-12-24)17(2)18-6-8-21(26-3)22(14-18)27-4/h5-8,13-15,17H,9-12H2,1-4H3/t17-/m1/s1. The number of carbonyl (C=O) groups is 1. The van der Waals surface area contributed by atoms with E-state index in [4.69, 9.17) is 9.47 Å². The van der Waals surface area contributed by atoms with Crippen LogP contribution < -0.4 is 14.4 Å². The van der Waals surface area contributed by atoms with E-state index in [1.807, 2.05) is 25.1 Å². The van der Waals surface area contributed by atoms with Crippen LogP contribution in [-0.4, -0.2) is 51.6 Å². The van der Waals surface area contributed by atoms with Crippen molar-refractivity contribution < 1.29 is 14.3 Å². The number of carbonyl (C=O) groups excluding carboxylic acids is 1. The van der Waals surface area contributed by atoms with Crippen molar-refractivity contribution in [1.29, 1.82) is 0 Å².